The zero-order valence-electron chi connectivity index (χ0n) is 14.3. The minimum Gasteiger partial charge on any atom is -0.370 e. The second-order valence-corrected chi connectivity index (χ2v) is 6.57. The molecule has 2 amide bonds. The van der Waals surface area contributed by atoms with Crippen molar-refractivity contribution in [3.63, 3.8) is 0 Å². The molecule has 1 aliphatic rings. The number of nitrogens with zero attached hydrogens (tertiary/aromatic N) is 1. The molecule has 1 saturated heterocycles. The highest BCUT2D eigenvalue weighted by atomic mass is 16.2. The molecular formula is C19H26N2O2. The number of rotatable bonds is 4. The van der Waals surface area contributed by atoms with E-state index in [1.807, 2.05) is 11.0 Å². The normalized spacial score (nSPS) is 16.0. The summed E-state index contributed by atoms with van der Waals surface area (Å²) < 4.78 is 0. The average molecular weight is 314 g/mol. The van der Waals surface area contributed by atoms with E-state index in [9.17, 15) is 9.59 Å². The Kier molecular flexibility index (Phi) is 5.59. The fourth-order valence-corrected chi connectivity index (χ4v) is 3.07. The Morgan fingerprint density at radius 1 is 1.13 bits per heavy atom. The lowest BCUT2D eigenvalue weighted by Crippen LogP contribution is -2.38. The van der Waals surface area contributed by atoms with Crippen LogP contribution in [0.1, 0.15) is 41.5 Å². The maximum Gasteiger partial charge on any atom is 0.246 e. The van der Waals surface area contributed by atoms with Crippen LogP contribution in [0.2, 0.25) is 0 Å². The standard InChI is InChI=1S/C19H26N2O2/c1-13-10-15(3)17(11-14(13)2)4-5-19(23)21-8-6-16(7-9-21)12-18(20)22/h4-5,10-11,16H,6-9,12H2,1-3H3,(H2,20,22)/b5-4+. The summed E-state index contributed by atoms with van der Waals surface area (Å²) in [5, 5.41) is 0. The largest absolute Gasteiger partial charge is 0.370 e. The van der Waals surface area contributed by atoms with Gasteiger partial charge in [0.1, 0.15) is 0 Å². The number of carbonyl (C=O) groups is 2. The third kappa shape index (κ3) is 4.68. The number of primary amides is 1. The van der Waals surface area contributed by atoms with Crippen LogP contribution in [0.5, 0.6) is 0 Å². The van der Waals surface area contributed by atoms with Crippen LogP contribution >= 0.6 is 0 Å². The summed E-state index contributed by atoms with van der Waals surface area (Å²) >= 11 is 0. The van der Waals surface area contributed by atoms with Crippen molar-refractivity contribution in [2.75, 3.05) is 13.1 Å². The molecule has 1 fully saturated rings. The van der Waals surface area contributed by atoms with Crippen molar-refractivity contribution >= 4 is 17.9 Å². The summed E-state index contributed by atoms with van der Waals surface area (Å²) in [7, 11) is 0. The lowest BCUT2D eigenvalue weighted by molar-refractivity contribution is -0.127. The van der Waals surface area contributed by atoms with Crippen molar-refractivity contribution in [3.8, 4) is 0 Å². The average Bonchev–Trinajstić information content (AvgIpc) is 2.49. The van der Waals surface area contributed by atoms with Gasteiger partial charge in [-0.1, -0.05) is 12.1 Å². The Morgan fingerprint density at radius 3 is 2.35 bits per heavy atom. The Hall–Kier alpha value is -2.10. The first kappa shape index (κ1) is 17.3. The van der Waals surface area contributed by atoms with Gasteiger partial charge in [-0.2, -0.15) is 0 Å². The van der Waals surface area contributed by atoms with E-state index in [0.717, 1.165) is 18.4 Å². The molecule has 0 unspecified atom stereocenters. The number of aryl methyl sites for hydroxylation is 3. The molecule has 4 nitrogen and oxygen atoms in total. The number of benzene rings is 1. The number of hydrogen-bond acceptors (Lipinski definition) is 2. The highest BCUT2D eigenvalue weighted by Crippen LogP contribution is 2.21. The second-order valence-electron chi connectivity index (χ2n) is 6.57. The molecule has 0 radical (unpaired) electrons. The van der Waals surface area contributed by atoms with Crippen LogP contribution in [0, 0.1) is 26.7 Å². The van der Waals surface area contributed by atoms with Crippen LogP contribution in [0.4, 0.5) is 0 Å². The van der Waals surface area contributed by atoms with Crippen LogP contribution < -0.4 is 5.73 Å². The highest BCUT2D eigenvalue weighted by Gasteiger charge is 2.22. The molecule has 0 bridgehead atoms. The molecule has 2 N–H and O–H groups in total. The number of likely N-dealkylation sites (tertiary alicyclic amines) is 1. The van der Waals surface area contributed by atoms with Gasteiger partial charge in [-0.25, -0.2) is 0 Å². The van der Waals surface area contributed by atoms with Crippen LogP contribution in [0.25, 0.3) is 6.08 Å². The van der Waals surface area contributed by atoms with Gasteiger partial charge >= 0.3 is 0 Å². The van der Waals surface area contributed by atoms with Gasteiger partial charge in [-0.15, -0.1) is 0 Å². The lowest BCUT2D eigenvalue weighted by atomic mass is 9.93. The van der Waals surface area contributed by atoms with Crippen molar-refractivity contribution in [2.45, 2.75) is 40.0 Å². The predicted octanol–water partition coefficient (Wildman–Crippen LogP) is 2.74. The number of amides is 2. The summed E-state index contributed by atoms with van der Waals surface area (Å²) in [6.07, 6.45) is 5.70. The lowest BCUT2D eigenvalue weighted by Gasteiger charge is -2.30. The second kappa shape index (κ2) is 7.44. The van der Waals surface area contributed by atoms with Gasteiger partial charge in [0.05, 0.1) is 0 Å². The third-order valence-corrected chi connectivity index (χ3v) is 4.70. The Labute approximate surface area is 138 Å². The van der Waals surface area contributed by atoms with Gasteiger partial charge in [0, 0.05) is 25.6 Å². The molecule has 0 spiro atoms. The maximum atomic E-state index is 12.3. The molecule has 124 valence electrons. The van der Waals surface area contributed by atoms with Gasteiger partial charge < -0.3 is 10.6 Å². The first-order valence-corrected chi connectivity index (χ1v) is 8.20. The molecule has 1 aromatic rings. The molecule has 0 atom stereocenters. The number of piperidine rings is 1. The third-order valence-electron chi connectivity index (χ3n) is 4.70. The molecule has 4 heteroatoms. The number of hydrogen-bond donors (Lipinski definition) is 1. The van der Waals surface area contributed by atoms with Crippen LogP contribution in [-0.2, 0) is 9.59 Å². The predicted molar refractivity (Wildman–Crippen MR) is 92.8 cm³/mol. The minimum absolute atomic E-state index is 0.0418. The molecule has 0 saturated carbocycles. The summed E-state index contributed by atoms with van der Waals surface area (Å²) in [5.74, 6) is 0.113. The van der Waals surface area contributed by atoms with E-state index in [4.69, 9.17) is 5.73 Å². The summed E-state index contributed by atoms with van der Waals surface area (Å²) in [6.45, 7) is 7.64. The van der Waals surface area contributed by atoms with E-state index in [-0.39, 0.29) is 11.8 Å². The van der Waals surface area contributed by atoms with Gasteiger partial charge in [0.2, 0.25) is 11.8 Å². The van der Waals surface area contributed by atoms with Crippen LogP contribution in [0.15, 0.2) is 18.2 Å². The molecule has 1 heterocycles. The van der Waals surface area contributed by atoms with Gasteiger partial charge in [0.25, 0.3) is 0 Å². The van der Waals surface area contributed by atoms with Gasteiger partial charge in [0.15, 0.2) is 0 Å². The van der Waals surface area contributed by atoms with Crippen molar-refractivity contribution in [1.82, 2.24) is 4.90 Å². The van der Waals surface area contributed by atoms with E-state index in [1.165, 1.54) is 16.7 Å². The highest BCUT2D eigenvalue weighted by molar-refractivity contribution is 5.92. The molecular weight excluding hydrogens is 288 g/mol. The van der Waals surface area contributed by atoms with Gasteiger partial charge in [-0.3, -0.25) is 9.59 Å². The van der Waals surface area contributed by atoms with Crippen molar-refractivity contribution in [2.24, 2.45) is 11.7 Å². The Balaban J connectivity index is 1.95. The topological polar surface area (TPSA) is 63.4 Å². The van der Waals surface area contributed by atoms with E-state index < -0.39 is 0 Å². The maximum absolute atomic E-state index is 12.3. The molecule has 0 aromatic heterocycles. The van der Waals surface area contributed by atoms with Gasteiger partial charge in [-0.05, 0) is 67.9 Å². The van der Waals surface area contributed by atoms with E-state index in [0.29, 0.717) is 25.4 Å². The van der Waals surface area contributed by atoms with E-state index in [1.54, 1.807) is 6.08 Å². The summed E-state index contributed by atoms with van der Waals surface area (Å²) in [4.78, 5) is 25.1. The van der Waals surface area contributed by atoms with E-state index >= 15 is 0 Å². The van der Waals surface area contributed by atoms with Crippen molar-refractivity contribution in [1.29, 1.82) is 0 Å². The molecule has 1 aromatic carbocycles. The Morgan fingerprint density at radius 2 is 1.74 bits per heavy atom. The SMILES string of the molecule is Cc1cc(C)c(/C=C/C(=O)N2CCC(CC(N)=O)CC2)cc1C. The smallest absolute Gasteiger partial charge is 0.246 e. The Bertz CT molecular complexity index is 627. The summed E-state index contributed by atoms with van der Waals surface area (Å²) in [6, 6.07) is 4.27. The van der Waals surface area contributed by atoms with Crippen molar-refractivity contribution < 1.29 is 9.59 Å². The minimum atomic E-state index is -0.250. The molecule has 23 heavy (non-hydrogen) atoms. The first-order valence-electron chi connectivity index (χ1n) is 8.20. The first-order chi connectivity index (χ1) is 10.9. The van der Waals surface area contributed by atoms with Crippen LogP contribution in [-0.4, -0.2) is 29.8 Å². The monoisotopic (exact) mass is 314 g/mol. The zero-order valence-corrected chi connectivity index (χ0v) is 14.3. The van der Waals surface area contributed by atoms with Crippen molar-refractivity contribution in [3.05, 3.63) is 40.5 Å². The fraction of sp³-hybridized carbons (Fsp3) is 0.474. The summed E-state index contributed by atoms with van der Waals surface area (Å²) in [5.41, 5.74) is 10.00. The van der Waals surface area contributed by atoms with Crippen LogP contribution in [0.3, 0.4) is 0 Å². The molecule has 1 aliphatic heterocycles. The van der Waals surface area contributed by atoms with E-state index in [2.05, 4.69) is 32.9 Å². The fourth-order valence-electron chi connectivity index (χ4n) is 3.07. The molecule has 2 rings (SSSR count). The molecule has 0 aliphatic carbocycles. The zero-order chi connectivity index (χ0) is 17.0. The quantitative estimate of drug-likeness (QED) is 0.869. The number of nitrogens with two attached hydrogens (primary N) is 1. The number of carbonyl (C=O) groups excluding carboxylic acids is 2.